The van der Waals surface area contributed by atoms with Gasteiger partial charge in [0, 0.05) is 33.2 Å². The highest BCUT2D eigenvalue weighted by atomic mass is 15.3. The van der Waals surface area contributed by atoms with Crippen molar-refractivity contribution in [2.45, 2.75) is 33.1 Å². The van der Waals surface area contributed by atoms with E-state index in [0.29, 0.717) is 0 Å². The van der Waals surface area contributed by atoms with E-state index in [1.807, 2.05) is 7.05 Å². The molecule has 0 aromatic heterocycles. The molecule has 0 radical (unpaired) electrons. The summed E-state index contributed by atoms with van der Waals surface area (Å²) in [6.07, 6.45) is 3.93. The SMILES string of the molecule is CCN1CCC(CNC(=NC)N2CCC(C)CC2)C1. The molecule has 0 bridgehead atoms. The third-order valence-electron chi connectivity index (χ3n) is 4.66. The summed E-state index contributed by atoms with van der Waals surface area (Å²) in [5, 5.41) is 3.59. The topological polar surface area (TPSA) is 30.9 Å². The first-order valence-electron chi connectivity index (χ1n) is 7.90. The van der Waals surface area contributed by atoms with Crippen LogP contribution in [0.15, 0.2) is 4.99 Å². The van der Waals surface area contributed by atoms with E-state index in [2.05, 4.69) is 34.0 Å². The molecule has 1 N–H and O–H groups in total. The molecule has 0 amide bonds. The van der Waals surface area contributed by atoms with Gasteiger partial charge in [-0.25, -0.2) is 0 Å². The largest absolute Gasteiger partial charge is 0.356 e. The van der Waals surface area contributed by atoms with Gasteiger partial charge in [0.1, 0.15) is 0 Å². The van der Waals surface area contributed by atoms with Crippen LogP contribution in [0.25, 0.3) is 0 Å². The van der Waals surface area contributed by atoms with Crippen LogP contribution in [-0.2, 0) is 0 Å². The monoisotopic (exact) mass is 266 g/mol. The Hall–Kier alpha value is -0.770. The van der Waals surface area contributed by atoms with Gasteiger partial charge in [0.25, 0.3) is 0 Å². The average molecular weight is 266 g/mol. The Kier molecular flexibility index (Phi) is 5.49. The van der Waals surface area contributed by atoms with Crippen LogP contribution in [0, 0.1) is 11.8 Å². The second-order valence-corrected chi connectivity index (χ2v) is 6.15. The quantitative estimate of drug-likeness (QED) is 0.622. The third-order valence-corrected chi connectivity index (χ3v) is 4.66. The molecule has 2 saturated heterocycles. The minimum atomic E-state index is 0.792. The lowest BCUT2D eigenvalue weighted by atomic mass is 9.99. The van der Waals surface area contributed by atoms with Crippen molar-refractivity contribution < 1.29 is 0 Å². The number of piperidine rings is 1. The number of rotatable bonds is 3. The normalized spacial score (nSPS) is 27.0. The molecule has 19 heavy (non-hydrogen) atoms. The zero-order chi connectivity index (χ0) is 13.7. The minimum Gasteiger partial charge on any atom is -0.356 e. The molecule has 1 atom stereocenters. The summed E-state index contributed by atoms with van der Waals surface area (Å²) in [6, 6.07) is 0. The Balaban J connectivity index is 1.74. The second kappa shape index (κ2) is 7.13. The number of hydrogen-bond donors (Lipinski definition) is 1. The van der Waals surface area contributed by atoms with Gasteiger partial charge in [-0.3, -0.25) is 4.99 Å². The van der Waals surface area contributed by atoms with Gasteiger partial charge in [-0.05, 0) is 44.2 Å². The van der Waals surface area contributed by atoms with Crippen LogP contribution in [0.4, 0.5) is 0 Å². The first-order valence-corrected chi connectivity index (χ1v) is 7.90. The Morgan fingerprint density at radius 1 is 1.21 bits per heavy atom. The maximum atomic E-state index is 4.45. The third kappa shape index (κ3) is 4.10. The van der Waals surface area contributed by atoms with Crippen molar-refractivity contribution in [3.05, 3.63) is 0 Å². The molecular weight excluding hydrogens is 236 g/mol. The van der Waals surface area contributed by atoms with Crippen molar-refractivity contribution >= 4 is 5.96 Å². The van der Waals surface area contributed by atoms with E-state index >= 15 is 0 Å². The van der Waals surface area contributed by atoms with E-state index in [4.69, 9.17) is 0 Å². The molecule has 2 heterocycles. The number of likely N-dealkylation sites (tertiary alicyclic amines) is 2. The van der Waals surface area contributed by atoms with Gasteiger partial charge in [0.05, 0.1) is 0 Å². The standard InChI is InChI=1S/C15H30N4/c1-4-18-8-7-14(12-18)11-17-15(16-3)19-9-5-13(2)6-10-19/h13-14H,4-12H2,1-3H3,(H,16,17). The van der Waals surface area contributed by atoms with Crippen molar-refractivity contribution in [2.75, 3.05) is 46.3 Å². The van der Waals surface area contributed by atoms with Crippen LogP contribution in [0.2, 0.25) is 0 Å². The van der Waals surface area contributed by atoms with Gasteiger partial charge in [0.15, 0.2) is 5.96 Å². The highest BCUT2D eigenvalue weighted by Gasteiger charge is 2.23. The van der Waals surface area contributed by atoms with Crippen molar-refractivity contribution in [3.8, 4) is 0 Å². The lowest BCUT2D eigenvalue weighted by Gasteiger charge is -2.33. The zero-order valence-electron chi connectivity index (χ0n) is 12.9. The molecular formula is C15H30N4. The Bertz CT molecular complexity index is 295. The molecule has 2 fully saturated rings. The van der Waals surface area contributed by atoms with Crippen molar-refractivity contribution in [3.63, 3.8) is 0 Å². The summed E-state index contributed by atoms with van der Waals surface area (Å²) in [5.74, 6) is 2.78. The second-order valence-electron chi connectivity index (χ2n) is 6.15. The van der Waals surface area contributed by atoms with Gasteiger partial charge in [-0.2, -0.15) is 0 Å². The van der Waals surface area contributed by atoms with Crippen LogP contribution >= 0.6 is 0 Å². The van der Waals surface area contributed by atoms with Crippen LogP contribution in [-0.4, -0.2) is 62.1 Å². The summed E-state index contributed by atoms with van der Waals surface area (Å²) in [4.78, 5) is 9.42. The van der Waals surface area contributed by atoms with Gasteiger partial charge >= 0.3 is 0 Å². The molecule has 2 aliphatic rings. The molecule has 0 spiro atoms. The zero-order valence-corrected chi connectivity index (χ0v) is 12.9. The highest BCUT2D eigenvalue weighted by Crippen LogP contribution is 2.17. The fraction of sp³-hybridized carbons (Fsp3) is 0.933. The highest BCUT2D eigenvalue weighted by molar-refractivity contribution is 5.79. The van der Waals surface area contributed by atoms with Crippen LogP contribution in [0.5, 0.6) is 0 Å². The lowest BCUT2D eigenvalue weighted by molar-refractivity contribution is 0.271. The summed E-state index contributed by atoms with van der Waals surface area (Å²) in [7, 11) is 1.91. The molecule has 4 nitrogen and oxygen atoms in total. The van der Waals surface area contributed by atoms with Crippen LogP contribution < -0.4 is 5.32 Å². The van der Waals surface area contributed by atoms with Crippen molar-refractivity contribution in [2.24, 2.45) is 16.8 Å². The number of aliphatic imine (C=N–C) groups is 1. The molecule has 4 heteroatoms. The predicted molar refractivity (Wildman–Crippen MR) is 81.6 cm³/mol. The van der Waals surface area contributed by atoms with E-state index in [9.17, 15) is 0 Å². The molecule has 110 valence electrons. The molecule has 0 saturated carbocycles. The van der Waals surface area contributed by atoms with Crippen LogP contribution in [0.1, 0.15) is 33.1 Å². The minimum absolute atomic E-state index is 0.792. The molecule has 0 aromatic carbocycles. The fourth-order valence-electron chi connectivity index (χ4n) is 3.15. The van der Waals surface area contributed by atoms with Crippen LogP contribution in [0.3, 0.4) is 0 Å². The molecule has 0 aliphatic carbocycles. The van der Waals surface area contributed by atoms with E-state index in [-0.39, 0.29) is 0 Å². The van der Waals surface area contributed by atoms with Gasteiger partial charge in [-0.1, -0.05) is 13.8 Å². The summed E-state index contributed by atoms with van der Waals surface area (Å²) in [5.41, 5.74) is 0. The van der Waals surface area contributed by atoms with Gasteiger partial charge in [0.2, 0.25) is 0 Å². The lowest BCUT2D eigenvalue weighted by Crippen LogP contribution is -2.46. The summed E-state index contributed by atoms with van der Waals surface area (Å²) < 4.78 is 0. The molecule has 2 aliphatic heterocycles. The predicted octanol–water partition coefficient (Wildman–Crippen LogP) is 1.64. The molecule has 2 rings (SSSR count). The first-order chi connectivity index (χ1) is 9.22. The van der Waals surface area contributed by atoms with E-state index in [1.54, 1.807) is 0 Å². The first kappa shape index (κ1) is 14.6. The van der Waals surface area contributed by atoms with Gasteiger partial charge < -0.3 is 15.1 Å². The maximum Gasteiger partial charge on any atom is 0.193 e. The Morgan fingerprint density at radius 3 is 2.53 bits per heavy atom. The Morgan fingerprint density at radius 2 is 1.95 bits per heavy atom. The molecule has 0 aromatic rings. The van der Waals surface area contributed by atoms with E-state index < -0.39 is 0 Å². The van der Waals surface area contributed by atoms with Gasteiger partial charge in [-0.15, -0.1) is 0 Å². The average Bonchev–Trinajstić information content (AvgIpc) is 2.89. The maximum absolute atomic E-state index is 4.45. The summed E-state index contributed by atoms with van der Waals surface area (Å²) in [6.45, 7) is 11.7. The number of hydrogen-bond acceptors (Lipinski definition) is 2. The number of nitrogens with zero attached hydrogens (tertiary/aromatic N) is 3. The fourth-order valence-corrected chi connectivity index (χ4v) is 3.15. The van der Waals surface area contributed by atoms with E-state index in [1.165, 1.54) is 38.9 Å². The summed E-state index contributed by atoms with van der Waals surface area (Å²) >= 11 is 0. The number of nitrogens with one attached hydrogen (secondary N) is 1. The van der Waals surface area contributed by atoms with E-state index in [0.717, 1.165) is 37.4 Å². The smallest absolute Gasteiger partial charge is 0.193 e. The molecule has 1 unspecified atom stereocenters. The number of guanidine groups is 1. The Labute approximate surface area is 118 Å². The van der Waals surface area contributed by atoms with Crippen molar-refractivity contribution in [1.82, 2.24) is 15.1 Å². The van der Waals surface area contributed by atoms with Crippen molar-refractivity contribution in [1.29, 1.82) is 0 Å².